The van der Waals surface area contributed by atoms with Gasteiger partial charge in [-0.3, -0.25) is 15.0 Å². The monoisotopic (exact) mass is 524 g/mol. The second kappa shape index (κ2) is 11.7. The van der Waals surface area contributed by atoms with Crippen LogP contribution in [0.1, 0.15) is 17.2 Å². The number of nitro benzene ring substituents is 1. The Labute approximate surface area is 216 Å². The molecule has 0 spiro atoms. The van der Waals surface area contributed by atoms with E-state index in [1.807, 2.05) is 35.2 Å². The van der Waals surface area contributed by atoms with Crippen molar-refractivity contribution in [3.8, 4) is 11.6 Å². The average molecular weight is 525 g/mol. The maximum atomic E-state index is 13.8. The largest absolute Gasteiger partial charge is 0.492 e. The van der Waals surface area contributed by atoms with Crippen LogP contribution in [0.5, 0.6) is 11.6 Å². The van der Waals surface area contributed by atoms with Gasteiger partial charge in [0, 0.05) is 31.8 Å². The molecule has 0 saturated heterocycles. The number of halogens is 1. The van der Waals surface area contributed by atoms with Gasteiger partial charge in [0.25, 0.3) is 0 Å². The van der Waals surface area contributed by atoms with E-state index >= 15 is 0 Å². The van der Waals surface area contributed by atoms with Crippen LogP contribution in [0.15, 0.2) is 66.7 Å². The van der Waals surface area contributed by atoms with E-state index in [0.717, 1.165) is 22.4 Å². The van der Waals surface area contributed by atoms with Crippen molar-refractivity contribution < 1.29 is 33.8 Å². The molecule has 38 heavy (non-hydrogen) atoms. The summed E-state index contributed by atoms with van der Waals surface area (Å²) in [6, 6.07) is 17.7. The minimum Gasteiger partial charge on any atom is -0.492 e. The first kappa shape index (κ1) is 26.5. The molecule has 0 radical (unpaired) electrons. The molecule has 1 unspecified atom stereocenters. The topological polar surface area (TPSA) is 140 Å². The molecule has 0 bridgehead atoms. The molecule has 4 rings (SSSR count). The first-order valence-corrected chi connectivity index (χ1v) is 11.6. The number of fused-ring (bicyclic) bond motifs is 1. The predicted molar refractivity (Wildman–Crippen MR) is 135 cm³/mol. The summed E-state index contributed by atoms with van der Waals surface area (Å²) in [7, 11) is 1.40. The molecular weight excluding hydrogens is 499 g/mol. The predicted octanol–water partition coefficient (Wildman–Crippen LogP) is 4.23. The summed E-state index contributed by atoms with van der Waals surface area (Å²) >= 11 is 0. The lowest BCUT2D eigenvalue weighted by Crippen LogP contribution is -2.32. The molecule has 1 heterocycles. The van der Waals surface area contributed by atoms with E-state index in [9.17, 15) is 29.5 Å². The van der Waals surface area contributed by atoms with Crippen LogP contribution >= 0.6 is 0 Å². The highest BCUT2D eigenvalue weighted by Gasteiger charge is 2.21. The van der Waals surface area contributed by atoms with Gasteiger partial charge in [0.05, 0.1) is 29.0 Å². The van der Waals surface area contributed by atoms with E-state index in [4.69, 9.17) is 9.47 Å². The number of hydrogen-bond acceptors (Lipinski definition) is 8. The molecule has 1 atom stereocenters. The van der Waals surface area contributed by atoms with Gasteiger partial charge in [-0.15, -0.1) is 5.10 Å². The fourth-order valence-electron chi connectivity index (χ4n) is 4.05. The van der Waals surface area contributed by atoms with E-state index in [-0.39, 0.29) is 24.6 Å². The number of aliphatic hydroxyl groups excluding tert-OH is 1. The van der Waals surface area contributed by atoms with Gasteiger partial charge in [-0.25, -0.2) is 4.79 Å². The molecule has 0 aliphatic rings. The third-order valence-corrected chi connectivity index (χ3v) is 5.90. The lowest BCUT2D eigenvalue weighted by atomic mass is 10.1. The first-order valence-electron chi connectivity index (χ1n) is 11.6. The Morgan fingerprint density at radius 2 is 1.95 bits per heavy atom. The van der Waals surface area contributed by atoms with Crippen LogP contribution in [0.2, 0.25) is 0 Å². The van der Waals surface area contributed by atoms with Gasteiger partial charge >= 0.3 is 11.8 Å². The minimum absolute atomic E-state index is 0.100. The summed E-state index contributed by atoms with van der Waals surface area (Å²) in [6.07, 6.45) is -2.38. The maximum Gasteiger partial charge on any atom is 0.432 e. The fourth-order valence-corrected chi connectivity index (χ4v) is 4.05. The first-order chi connectivity index (χ1) is 18.3. The van der Waals surface area contributed by atoms with Crippen molar-refractivity contribution in [1.29, 1.82) is 0 Å². The number of methoxy groups -OCH3 is 1. The second-order valence-corrected chi connectivity index (χ2v) is 8.44. The molecule has 2 N–H and O–H groups in total. The Hall–Kier alpha value is -4.55. The van der Waals surface area contributed by atoms with Crippen LogP contribution in [0, 0.1) is 15.9 Å². The van der Waals surface area contributed by atoms with Gasteiger partial charge in [0.1, 0.15) is 12.4 Å². The number of aliphatic hydroxyl groups is 1. The van der Waals surface area contributed by atoms with Crippen molar-refractivity contribution in [3.05, 3.63) is 93.8 Å². The zero-order valence-electron chi connectivity index (χ0n) is 20.4. The maximum absolute atomic E-state index is 13.8. The van der Waals surface area contributed by atoms with Crippen LogP contribution in [-0.4, -0.2) is 62.7 Å². The van der Waals surface area contributed by atoms with Crippen molar-refractivity contribution >= 4 is 22.7 Å². The number of hydrogen-bond donors (Lipinski definition) is 2. The smallest absolute Gasteiger partial charge is 0.432 e. The SMILES string of the molecule is COc1nn(C(=O)O)c2cc(OCCN(Cc3ccccc3)CC(O)c3ccc(F)c([N+](=O)[O-])c3)ccc12. The van der Waals surface area contributed by atoms with Crippen molar-refractivity contribution in [2.24, 2.45) is 0 Å². The zero-order chi connectivity index (χ0) is 27.2. The van der Waals surface area contributed by atoms with Crippen LogP contribution in [0.4, 0.5) is 14.9 Å². The fraction of sp³-hybridized carbons (Fsp3) is 0.231. The van der Waals surface area contributed by atoms with Gasteiger partial charge in [-0.1, -0.05) is 36.4 Å². The Kier molecular flexibility index (Phi) is 8.14. The van der Waals surface area contributed by atoms with E-state index < -0.39 is 28.6 Å². The lowest BCUT2D eigenvalue weighted by molar-refractivity contribution is -0.387. The van der Waals surface area contributed by atoms with Crippen LogP contribution < -0.4 is 9.47 Å². The quantitative estimate of drug-likeness (QED) is 0.218. The molecule has 0 fully saturated rings. The Morgan fingerprint density at radius 1 is 1.18 bits per heavy atom. The third-order valence-electron chi connectivity index (χ3n) is 5.90. The van der Waals surface area contributed by atoms with Crippen molar-refractivity contribution in [2.75, 3.05) is 26.8 Å². The van der Waals surface area contributed by atoms with Gasteiger partial charge in [-0.05, 0) is 29.3 Å². The highest BCUT2D eigenvalue weighted by Crippen LogP contribution is 2.28. The summed E-state index contributed by atoms with van der Waals surface area (Å²) in [5.41, 5.74) is 0.801. The van der Waals surface area contributed by atoms with E-state index in [2.05, 4.69) is 5.10 Å². The summed E-state index contributed by atoms with van der Waals surface area (Å²) in [6.45, 7) is 1.09. The lowest BCUT2D eigenvalue weighted by Gasteiger charge is -2.25. The molecule has 1 aromatic heterocycles. The molecule has 3 aromatic carbocycles. The van der Waals surface area contributed by atoms with E-state index in [0.29, 0.717) is 29.7 Å². The number of aromatic nitrogens is 2. The zero-order valence-corrected chi connectivity index (χ0v) is 20.4. The van der Waals surface area contributed by atoms with Crippen LogP contribution in [-0.2, 0) is 6.54 Å². The number of nitrogens with zero attached hydrogens (tertiary/aromatic N) is 4. The summed E-state index contributed by atoms with van der Waals surface area (Å²) in [4.78, 5) is 23.7. The number of carbonyl (C=O) groups is 1. The molecule has 0 aliphatic heterocycles. The molecule has 4 aromatic rings. The summed E-state index contributed by atoms with van der Waals surface area (Å²) in [5.74, 6) is -0.380. The molecule has 12 heteroatoms. The molecular formula is C26H25FN4O7. The highest BCUT2D eigenvalue weighted by atomic mass is 19.1. The number of carboxylic acid groups (broad SMARTS) is 1. The third kappa shape index (κ3) is 6.05. The number of ether oxygens (including phenoxy) is 2. The molecule has 0 aliphatic carbocycles. The summed E-state index contributed by atoms with van der Waals surface area (Å²) in [5, 5.41) is 35.8. The minimum atomic E-state index is -1.26. The van der Waals surface area contributed by atoms with Crippen molar-refractivity contribution in [3.63, 3.8) is 0 Å². The Bertz CT molecular complexity index is 1440. The van der Waals surface area contributed by atoms with E-state index in [1.165, 1.54) is 13.2 Å². The molecule has 0 amide bonds. The van der Waals surface area contributed by atoms with Gasteiger partial charge in [-0.2, -0.15) is 9.07 Å². The highest BCUT2D eigenvalue weighted by molar-refractivity contribution is 5.91. The van der Waals surface area contributed by atoms with Crippen LogP contribution in [0.25, 0.3) is 10.9 Å². The van der Waals surface area contributed by atoms with Gasteiger partial charge in [0.2, 0.25) is 11.7 Å². The summed E-state index contributed by atoms with van der Waals surface area (Å²) < 4.78 is 25.6. The second-order valence-electron chi connectivity index (χ2n) is 8.44. The Balaban J connectivity index is 1.49. The number of rotatable bonds is 11. The molecule has 0 saturated carbocycles. The van der Waals surface area contributed by atoms with Crippen LogP contribution in [0.3, 0.4) is 0 Å². The normalized spacial score (nSPS) is 12.0. The number of nitro groups is 1. The molecule has 11 nitrogen and oxygen atoms in total. The van der Waals surface area contributed by atoms with Crippen molar-refractivity contribution in [2.45, 2.75) is 12.6 Å². The van der Waals surface area contributed by atoms with Gasteiger partial charge < -0.3 is 19.7 Å². The number of benzene rings is 3. The van der Waals surface area contributed by atoms with Crippen molar-refractivity contribution in [1.82, 2.24) is 14.7 Å². The van der Waals surface area contributed by atoms with Gasteiger partial charge in [0.15, 0.2) is 0 Å². The standard InChI is InChI=1S/C26H25FN4O7/c1-37-25-20-9-8-19(14-22(20)30(28-25)26(33)34)38-12-11-29(15-17-5-3-2-4-6-17)16-24(32)18-7-10-21(27)23(13-18)31(35)36/h2-10,13-14,24,32H,11-12,15-16H2,1H3,(H,33,34). The average Bonchev–Trinajstić information content (AvgIpc) is 3.27. The Morgan fingerprint density at radius 3 is 2.63 bits per heavy atom. The molecule has 198 valence electrons. The van der Waals surface area contributed by atoms with E-state index in [1.54, 1.807) is 18.2 Å².